The summed E-state index contributed by atoms with van der Waals surface area (Å²) in [5, 5.41) is 14.2. The van der Waals surface area contributed by atoms with Crippen LogP contribution >= 0.6 is 0 Å². The van der Waals surface area contributed by atoms with Gasteiger partial charge in [-0.05, 0) is 31.2 Å². The minimum atomic E-state index is -0.283. The highest BCUT2D eigenvalue weighted by Gasteiger charge is 2.36. The quantitative estimate of drug-likeness (QED) is 0.540. The fourth-order valence-electron chi connectivity index (χ4n) is 3.63. The number of pyridine rings is 1. The highest BCUT2D eigenvalue weighted by atomic mass is 16.5. The van der Waals surface area contributed by atoms with Crippen molar-refractivity contribution in [3.63, 3.8) is 0 Å². The third kappa shape index (κ3) is 2.74. The average molecular weight is 375 g/mol. The zero-order valence-corrected chi connectivity index (χ0v) is 15.2. The van der Waals surface area contributed by atoms with Crippen molar-refractivity contribution in [3.8, 4) is 11.6 Å². The van der Waals surface area contributed by atoms with Crippen molar-refractivity contribution in [2.75, 3.05) is 6.54 Å². The molecule has 28 heavy (non-hydrogen) atoms. The fourth-order valence-corrected chi connectivity index (χ4v) is 3.63. The van der Waals surface area contributed by atoms with Gasteiger partial charge in [-0.2, -0.15) is 0 Å². The molecular formula is C20H17N5O3. The molecule has 0 bridgehead atoms. The Balaban J connectivity index is 1.47. The van der Waals surface area contributed by atoms with Gasteiger partial charge in [-0.3, -0.25) is 9.78 Å². The molecule has 1 atom stereocenters. The maximum atomic E-state index is 12.8. The van der Waals surface area contributed by atoms with Crippen molar-refractivity contribution in [1.29, 1.82) is 0 Å². The molecule has 0 aliphatic carbocycles. The Hall–Kier alpha value is -3.55. The largest absolute Gasteiger partial charge is 0.417 e. The Morgan fingerprint density at radius 1 is 1.21 bits per heavy atom. The molecule has 8 heteroatoms. The number of aromatic nitrogens is 4. The summed E-state index contributed by atoms with van der Waals surface area (Å²) in [4.78, 5) is 18.9. The molecule has 3 aromatic heterocycles. The van der Waals surface area contributed by atoms with Crippen molar-refractivity contribution >= 4 is 16.7 Å². The zero-order valence-electron chi connectivity index (χ0n) is 15.2. The number of rotatable bonds is 3. The summed E-state index contributed by atoms with van der Waals surface area (Å²) in [6.45, 7) is 2.39. The molecule has 5 rings (SSSR count). The molecule has 0 radical (unpaired) electrons. The molecular weight excluding hydrogens is 358 g/mol. The summed E-state index contributed by atoms with van der Waals surface area (Å²) in [6, 6.07) is 11.2. The summed E-state index contributed by atoms with van der Waals surface area (Å²) in [5.41, 5.74) is 1.31. The van der Waals surface area contributed by atoms with E-state index in [9.17, 15) is 4.79 Å². The van der Waals surface area contributed by atoms with Crippen LogP contribution in [-0.4, -0.2) is 37.7 Å². The van der Waals surface area contributed by atoms with Gasteiger partial charge in [0.2, 0.25) is 11.7 Å². The summed E-state index contributed by atoms with van der Waals surface area (Å²) < 4.78 is 11.1. The van der Waals surface area contributed by atoms with Crippen LogP contribution in [0, 0.1) is 6.92 Å². The van der Waals surface area contributed by atoms with Crippen LogP contribution in [0.3, 0.4) is 0 Å². The van der Waals surface area contributed by atoms with Crippen molar-refractivity contribution in [2.45, 2.75) is 25.8 Å². The predicted molar refractivity (Wildman–Crippen MR) is 99.3 cm³/mol. The number of hydrogen-bond acceptors (Lipinski definition) is 7. The second kappa shape index (κ2) is 6.56. The molecule has 140 valence electrons. The van der Waals surface area contributed by atoms with Gasteiger partial charge in [0.05, 0.1) is 5.69 Å². The number of benzene rings is 1. The maximum absolute atomic E-state index is 12.8. The summed E-state index contributed by atoms with van der Waals surface area (Å²) in [6.07, 6.45) is 3.33. The highest BCUT2D eigenvalue weighted by Crippen LogP contribution is 2.34. The second-order valence-corrected chi connectivity index (χ2v) is 6.82. The van der Waals surface area contributed by atoms with Crippen LogP contribution in [0.1, 0.15) is 41.0 Å². The topological polar surface area (TPSA) is 98.2 Å². The standard InChI is InChI=1S/C20H17N5O3/c1-12-11-16(28-24-12)20(26)25-10-4-7-15(25)18-22-23-19(27-18)17-14-6-3-2-5-13(14)8-9-21-17/h2-3,5-6,8-9,11,15H,4,7,10H2,1H3/t15-/m0/s1. The third-order valence-electron chi connectivity index (χ3n) is 4.95. The normalized spacial score (nSPS) is 16.8. The van der Waals surface area contributed by atoms with E-state index in [4.69, 9.17) is 8.94 Å². The Labute approximate surface area is 160 Å². The van der Waals surface area contributed by atoms with E-state index < -0.39 is 0 Å². The number of amides is 1. The van der Waals surface area contributed by atoms with Crippen molar-refractivity contribution in [3.05, 3.63) is 59.9 Å². The second-order valence-electron chi connectivity index (χ2n) is 6.82. The summed E-state index contributed by atoms with van der Waals surface area (Å²) in [7, 11) is 0. The van der Waals surface area contributed by atoms with Crippen molar-refractivity contribution < 1.29 is 13.7 Å². The first-order valence-electron chi connectivity index (χ1n) is 9.12. The summed E-state index contributed by atoms with van der Waals surface area (Å²) >= 11 is 0. The smallest absolute Gasteiger partial charge is 0.293 e. The van der Waals surface area contributed by atoms with Gasteiger partial charge in [0, 0.05) is 24.2 Å². The number of nitrogens with zero attached hydrogens (tertiary/aromatic N) is 5. The molecule has 0 spiro atoms. The van der Waals surface area contributed by atoms with Gasteiger partial charge in [0.15, 0.2) is 0 Å². The molecule has 4 aromatic rings. The molecule has 4 heterocycles. The van der Waals surface area contributed by atoms with Crippen LogP contribution in [-0.2, 0) is 0 Å². The molecule has 1 aliphatic heterocycles. The van der Waals surface area contributed by atoms with E-state index in [2.05, 4.69) is 20.3 Å². The van der Waals surface area contributed by atoms with E-state index >= 15 is 0 Å². The van der Waals surface area contributed by atoms with Crippen LogP contribution < -0.4 is 0 Å². The van der Waals surface area contributed by atoms with Crippen molar-refractivity contribution in [2.24, 2.45) is 0 Å². The number of carbonyl (C=O) groups excluding carboxylic acids is 1. The first-order valence-corrected chi connectivity index (χ1v) is 9.12. The van der Waals surface area contributed by atoms with Gasteiger partial charge in [-0.1, -0.05) is 29.4 Å². The van der Waals surface area contributed by atoms with Gasteiger partial charge in [0.25, 0.3) is 11.8 Å². The van der Waals surface area contributed by atoms with Crippen LogP contribution in [0.4, 0.5) is 0 Å². The molecule has 1 fully saturated rings. The average Bonchev–Trinajstić information content (AvgIpc) is 3.47. The van der Waals surface area contributed by atoms with Gasteiger partial charge in [-0.15, -0.1) is 10.2 Å². The zero-order chi connectivity index (χ0) is 19.1. The SMILES string of the molecule is Cc1cc(C(=O)N2CCC[C@H]2c2nnc(-c3nccc4ccccc34)o2)on1. The minimum Gasteiger partial charge on any atom is -0.417 e. The molecule has 1 aliphatic rings. The molecule has 0 N–H and O–H groups in total. The highest BCUT2D eigenvalue weighted by molar-refractivity contribution is 5.93. The summed E-state index contributed by atoms with van der Waals surface area (Å²) in [5.74, 6) is 0.763. The van der Waals surface area contributed by atoms with Gasteiger partial charge in [-0.25, -0.2) is 0 Å². The first kappa shape index (κ1) is 16.6. The molecule has 1 aromatic carbocycles. The molecule has 1 amide bonds. The monoisotopic (exact) mass is 375 g/mol. The lowest BCUT2D eigenvalue weighted by molar-refractivity contribution is 0.0673. The van der Waals surface area contributed by atoms with Crippen molar-refractivity contribution in [1.82, 2.24) is 25.2 Å². The Kier molecular flexibility index (Phi) is 3.89. The third-order valence-corrected chi connectivity index (χ3v) is 4.95. The maximum Gasteiger partial charge on any atom is 0.293 e. The van der Waals surface area contributed by atoms with E-state index in [-0.39, 0.29) is 17.7 Å². The number of hydrogen-bond donors (Lipinski definition) is 0. The lowest BCUT2D eigenvalue weighted by Crippen LogP contribution is -2.30. The van der Waals surface area contributed by atoms with E-state index in [0.717, 1.165) is 23.6 Å². The lowest BCUT2D eigenvalue weighted by atomic mass is 10.1. The Bertz CT molecular complexity index is 1160. The predicted octanol–water partition coefficient (Wildman–Crippen LogP) is 3.56. The van der Waals surface area contributed by atoms with E-state index in [1.54, 1.807) is 24.1 Å². The minimum absolute atomic E-state index is 0.217. The number of carbonyl (C=O) groups is 1. The lowest BCUT2D eigenvalue weighted by Gasteiger charge is -2.20. The van der Waals surface area contributed by atoms with E-state index in [1.165, 1.54) is 0 Å². The number of fused-ring (bicyclic) bond motifs is 1. The van der Waals surface area contributed by atoms with Gasteiger partial charge in [0.1, 0.15) is 11.7 Å². The molecule has 8 nitrogen and oxygen atoms in total. The molecule has 0 unspecified atom stereocenters. The number of aryl methyl sites for hydroxylation is 1. The Morgan fingerprint density at radius 2 is 2.11 bits per heavy atom. The molecule has 0 saturated carbocycles. The Morgan fingerprint density at radius 3 is 2.96 bits per heavy atom. The van der Waals surface area contributed by atoms with Crippen LogP contribution in [0.2, 0.25) is 0 Å². The van der Waals surface area contributed by atoms with Crippen LogP contribution in [0.25, 0.3) is 22.4 Å². The van der Waals surface area contributed by atoms with Gasteiger partial charge < -0.3 is 13.8 Å². The molecule has 1 saturated heterocycles. The van der Waals surface area contributed by atoms with Crippen LogP contribution in [0.15, 0.2) is 51.5 Å². The fraction of sp³-hybridized carbons (Fsp3) is 0.250. The van der Waals surface area contributed by atoms with Gasteiger partial charge >= 0.3 is 0 Å². The van der Waals surface area contributed by atoms with E-state index in [1.807, 2.05) is 30.3 Å². The number of likely N-dealkylation sites (tertiary alicyclic amines) is 1. The van der Waals surface area contributed by atoms with E-state index in [0.29, 0.717) is 29.7 Å². The van der Waals surface area contributed by atoms with Crippen LogP contribution in [0.5, 0.6) is 0 Å². The first-order chi connectivity index (χ1) is 13.7.